The standard InChI is InChI=1S/C34H32ClN5O7/c1-20-3-2-4-25-28(47-34(45)36-11-13-46-14-12-41)15-27-31(30(20)25)22(16-35)17-40(27)33(44)26-19-39-18-23(7-10-29(39)38-26)37-32(43)21-5-8-24(42)9-6-21/h2-10,15,18-19,22,41-42H,11-14,16-17H2,1H3,(H,36,45)(H,37,43)/t22-/m1/s1. The Balaban J connectivity index is 1.29. The number of phenols is 1. The summed E-state index contributed by atoms with van der Waals surface area (Å²) in [5.41, 5.74) is 3.97. The van der Waals surface area contributed by atoms with E-state index >= 15 is 0 Å². The van der Waals surface area contributed by atoms with E-state index in [0.29, 0.717) is 29.1 Å². The highest BCUT2D eigenvalue weighted by Crippen LogP contribution is 2.47. The summed E-state index contributed by atoms with van der Waals surface area (Å²) in [5.74, 6) is -0.277. The van der Waals surface area contributed by atoms with Crippen molar-refractivity contribution in [2.45, 2.75) is 12.8 Å². The van der Waals surface area contributed by atoms with Crippen molar-refractivity contribution in [3.63, 3.8) is 0 Å². The summed E-state index contributed by atoms with van der Waals surface area (Å²) in [5, 5.41) is 25.4. The van der Waals surface area contributed by atoms with Crippen LogP contribution in [0.4, 0.5) is 16.2 Å². The lowest BCUT2D eigenvalue weighted by molar-refractivity contribution is 0.0936. The number of imidazole rings is 1. The van der Waals surface area contributed by atoms with Crippen LogP contribution in [-0.2, 0) is 4.74 Å². The number of carbonyl (C=O) groups is 3. The quantitative estimate of drug-likeness (QED) is 0.123. The van der Waals surface area contributed by atoms with E-state index < -0.39 is 6.09 Å². The molecule has 0 aliphatic carbocycles. The highest BCUT2D eigenvalue weighted by atomic mass is 35.5. The summed E-state index contributed by atoms with van der Waals surface area (Å²) < 4.78 is 12.6. The molecule has 6 rings (SSSR count). The van der Waals surface area contributed by atoms with Crippen LogP contribution in [0.15, 0.2) is 73.1 Å². The Morgan fingerprint density at radius 3 is 2.64 bits per heavy atom. The van der Waals surface area contributed by atoms with Gasteiger partial charge >= 0.3 is 6.09 Å². The molecule has 3 amide bonds. The molecule has 5 aromatic rings. The molecule has 1 aliphatic heterocycles. The van der Waals surface area contributed by atoms with E-state index in [-0.39, 0.29) is 67.2 Å². The average molecular weight is 658 g/mol. The molecule has 242 valence electrons. The van der Waals surface area contributed by atoms with E-state index in [0.717, 1.165) is 21.9 Å². The van der Waals surface area contributed by atoms with E-state index in [9.17, 15) is 19.5 Å². The van der Waals surface area contributed by atoms with E-state index in [1.807, 2.05) is 25.1 Å². The van der Waals surface area contributed by atoms with Crippen molar-refractivity contribution in [3.8, 4) is 11.5 Å². The number of rotatable bonds is 10. The van der Waals surface area contributed by atoms with Crippen molar-refractivity contribution in [1.29, 1.82) is 0 Å². The number of aryl methyl sites for hydroxylation is 1. The Kier molecular flexibility index (Phi) is 9.25. The zero-order chi connectivity index (χ0) is 33.1. The van der Waals surface area contributed by atoms with Crippen molar-refractivity contribution in [1.82, 2.24) is 14.7 Å². The summed E-state index contributed by atoms with van der Waals surface area (Å²) in [6, 6.07) is 16.7. The SMILES string of the molecule is Cc1cccc2c(OC(=O)NCCOCCO)cc3c(c12)[C@H](CCl)CN3C(=O)c1cn2cc(NC(=O)c3ccc(O)cc3)ccc2n1. The molecule has 3 aromatic carbocycles. The second-order valence-electron chi connectivity index (χ2n) is 11.0. The minimum absolute atomic E-state index is 0.0611. The lowest BCUT2D eigenvalue weighted by Gasteiger charge is -2.19. The molecule has 0 radical (unpaired) electrons. The van der Waals surface area contributed by atoms with Crippen LogP contribution in [0.3, 0.4) is 0 Å². The number of nitrogens with zero attached hydrogens (tertiary/aromatic N) is 3. The zero-order valence-electron chi connectivity index (χ0n) is 25.4. The Bertz CT molecular complexity index is 1980. The molecule has 13 heteroatoms. The fourth-order valence-electron chi connectivity index (χ4n) is 5.74. The van der Waals surface area contributed by atoms with Crippen LogP contribution in [0, 0.1) is 6.92 Å². The number of aromatic hydroxyl groups is 1. The van der Waals surface area contributed by atoms with Crippen LogP contribution in [0.2, 0.25) is 0 Å². The number of alkyl halides is 1. The Morgan fingerprint density at radius 2 is 1.87 bits per heavy atom. The first-order valence-corrected chi connectivity index (χ1v) is 15.5. The second kappa shape index (κ2) is 13.7. The molecule has 47 heavy (non-hydrogen) atoms. The number of hydrogen-bond donors (Lipinski definition) is 4. The van der Waals surface area contributed by atoms with Crippen LogP contribution < -0.4 is 20.3 Å². The molecule has 3 heterocycles. The van der Waals surface area contributed by atoms with Crippen LogP contribution >= 0.6 is 11.6 Å². The number of pyridine rings is 1. The number of phenolic OH excluding ortho intramolecular Hbond substituents is 1. The third-order valence-electron chi connectivity index (χ3n) is 7.90. The van der Waals surface area contributed by atoms with Crippen molar-refractivity contribution in [2.75, 3.05) is 49.0 Å². The smallest absolute Gasteiger partial charge is 0.412 e. The first kappa shape index (κ1) is 31.8. The number of hydrogen-bond acceptors (Lipinski definition) is 8. The molecule has 0 bridgehead atoms. The fourth-order valence-corrected chi connectivity index (χ4v) is 5.99. The largest absolute Gasteiger partial charge is 0.508 e. The van der Waals surface area contributed by atoms with Gasteiger partial charge in [-0.15, -0.1) is 11.6 Å². The summed E-state index contributed by atoms with van der Waals surface area (Å²) >= 11 is 6.47. The minimum atomic E-state index is -0.682. The maximum atomic E-state index is 14.1. The van der Waals surface area contributed by atoms with Crippen molar-refractivity contribution in [2.24, 2.45) is 0 Å². The Hall–Kier alpha value is -5.17. The van der Waals surface area contributed by atoms with Gasteiger partial charge in [0.2, 0.25) is 0 Å². The van der Waals surface area contributed by atoms with Gasteiger partial charge in [0.15, 0.2) is 0 Å². The molecule has 0 saturated carbocycles. The van der Waals surface area contributed by atoms with Crippen LogP contribution in [-0.4, -0.2) is 76.3 Å². The normalized spacial score (nSPS) is 13.9. The zero-order valence-corrected chi connectivity index (χ0v) is 26.2. The number of aliphatic hydroxyl groups is 1. The van der Waals surface area contributed by atoms with Crippen LogP contribution in [0.1, 0.15) is 37.9 Å². The highest BCUT2D eigenvalue weighted by molar-refractivity contribution is 6.19. The van der Waals surface area contributed by atoms with Gasteiger partial charge in [-0.05, 0) is 59.8 Å². The number of amides is 3. The molecule has 0 saturated heterocycles. The lowest BCUT2D eigenvalue weighted by atomic mass is 9.92. The molecule has 12 nitrogen and oxygen atoms in total. The fraction of sp³-hybridized carbons (Fsp3) is 0.235. The number of carbonyl (C=O) groups excluding carboxylic acids is 3. The number of benzene rings is 3. The number of nitrogens with one attached hydrogen (secondary N) is 2. The maximum absolute atomic E-state index is 14.1. The molecule has 1 aliphatic rings. The number of aromatic nitrogens is 2. The number of ether oxygens (including phenoxy) is 2. The van der Waals surface area contributed by atoms with Gasteiger partial charge in [-0.3, -0.25) is 9.59 Å². The lowest BCUT2D eigenvalue weighted by Crippen LogP contribution is -2.31. The maximum Gasteiger partial charge on any atom is 0.412 e. The summed E-state index contributed by atoms with van der Waals surface area (Å²) in [6.07, 6.45) is 2.57. The monoisotopic (exact) mass is 657 g/mol. The molecule has 0 fully saturated rings. The van der Waals surface area contributed by atoms with Gasteiger partial charge in [0.25, 0.3) is 11.8 Å². The van der Waals surface area contributed by atoms with Crippen molar-refractivity contribution in [3.05, 3.63) is 95.4 Å². The van der Waals surface area contributed by atoms with Gasteiger partial charge in [0.1, 0.15) is 22.8 Å². The van der Waals surface area contributed by atoms with E-state index in [1.165, 1.54) is 24.3 Å². The molecular weight excluding hydrogens is 626 g/mol. The minimum Gasteiger partial charge on any atom is -0.508 e. The van der Waals surface area contributed by atoms with Gasteiger partial charge in [-0.25, -0.2) is 9.78 Å². The predicted octanol–water partition coefficient (Wildman–Crippen LogP) is 4.83. The summed E-state index contributed by atoms with van der Waals surface area (Å²) in [6.45, 7) is 2.73. The van der Waals surface area contributed by atoms with Crippen LogP contribution in [0.25, 0.3) is 16.4 Å². The van der Waals surface area contributed by atoms with Gasteiger partial charge in [0, 0.05) is 54.3 Å². The first-order valence-electron chi connectivity index (χ1n) is 14.9. The molecule has 4 N–H and O–H groups in total. The second-order valence-corrected chi connectivity index (χ2v) is 11.3. The average Bonchev–Trinajstić information content (AvgIpc) is 3.66. The summed E-state index contributed by atoms with van der Waals surface area (Å²) in [4.78, 5) is 45.6. The number of anilines is 2. The number of halogens is 1. The molecule has 1 atom stereocenters. The number of aliphatic hydroxyl groups excluding tert-OH is 1. The number of fused-ring (bicyclic) bond motifs is 4. The van der Waals surface area contributed by atoms with Gasteiger partial charge in [-0.1, -0.05) is 18.2 Å². The highest BCUT2D eigenvalue weighted by Gasteiger charge is 2.36. The third kappa shape index (κ3) is 6.57. The predicted molar refractivity (Wildman–Crippen MR) is 177 cm³/mol. The molecular formula is C34H32ClN5O7. The Morgan fingerprint density at radius 1 is 1.06 bits per heavy atom. The topological polar surface area (TPSA) is 155 Å². The summed E-state index contributed by atoms with van der Waals surface area (Å²) in [7, 11) is 0. The van der Waals surface area contributed by atoms with Gasteiger partial charge in [-0.2, -0.15) is 0 Å². The molecule has 0 spiro atoms. The first-order chi connectivity index (χ1) is 22.8. The van der Waals surface area contributed by atoms with Crippen molar-refractivity contribution < 1.29 is 34.1 Å². The third-order valence-corrected chi connectivity index (χ3v) is 8.27. The van der Waals surface area contributed by atoms with Crippen LogP contribution in [0.5, 0.6) is 11.5 Å². The van der Waals surface area contributed by atoms with E-state index in [4.69, 9.17) is 26.2 Å². The van der Waals surface area contributed by atoms with Gasteiger partial charge < -0.3 is 39.6 Å². The van der Waals surface area contributed by atoms with E-state index in [1.54, 1.807) is 39.9 Å². The van der Waals surface area contributed by atoms with Crippen molar-refractivity contribution >= 4 is 57.3 Å². The molecule has 2 aromatic heterocycles. The van der Waals surface area contributed by atoms with Gasteiger partial charge in [0.05, 0.1) is 31.2 Å². The Labute approximate surface area is 274 Å². The van der Waals surface area contributed by atoms with E-state index in [2.05, 4.69) is 15.6 Å². The molecule has 0 unspecified atom stereocenters.